The van der Waals surface area contributed by atoms with Crippen molar-refractivity contribution in [3.8, 4) is 11.5 Å². The Morgan fingerprint density at radius 3 is 2.62 bits per heavy atom. The molecule has 0 saturated carbocycles. The Morgan fingerprint density at radius 1 is 1.08 bits per heavy atom. The van der Waals surface area contributed by atoms with E-state index in [-0.39, 0.29) is 11.0 Å². The molecule has 0 aliphatic heterocycles. The van der Waals surface area contributed by atoms with Crippen LogP contribution >= 0.6 is 0 Å². The molecule has 3 rings (SSSR count). The second-order valence-corrected chi connectivity index (χ2v) is 4.95. The first-order valence-electron chi connectivity index (χ1n) is 7.22. The number of benzene rings is 2. The van der Waals surface area contributed by atoms with Gasteiger partial charge in [-0.3, -0.25) is 4.79 Å². The molecule has 0 bridgehead atoms. The van der Waals surface area contributed by atoms with E-state index in [0.29, 0.717) is 22.5 Å². The van der Waals surface area contributed by atoms with Gasteiger partial charge in [0.1, 0.15) is 23.3 Å². The van der Waals surface area contributed by atoms with E-state index in [1.165, 1.54) is 25.5 Å². The number of rotatable bonds is 4. The van der Waals surface area contributed by atoms with Crippen LogP contribution in [0.1, 0.15) is 5.56 Å². The molecule has 0 spiro atoms. The number of esters is 1. The topological polar surface area (TPSA) is 65.7 Å². The molecule has 0 saturated heterocycles. The number of para-hydroxylation sites is 1. The monoisotopic (exact) mass is 322 g/mol. The van der Waals surface area contributed by atoms with Crippen molar-refractivity contribution >= 4 is 23.0 Å². The van der Waals surface area contributed by atoms with Gasteiger partial charge in [-0.1, -0.05) is 18.2 Å². The highest BCUT2D eigenvalue weighted by Crippen LogP contribution is 2.19. The average Bonchev–Trinajstić information content (AvgIpc) is 2.61. The molecule has 0 aliphatic carbocycles. The van der Waals surface area contributed by atoms with Crippen molar-refractivity contribution in [3.63, 3.8) is 0 Å². The first kappa shape index (κ1) is 15.6. The van der Waals surface area contributed by atoms with Gasteiger partial charge in [-0.15, -0.1) is 0 Å². The summed E-state index contributed by atoms with van der Waals surface area (Å²) < 4.78 is 15.6. The van der Waals surface area contributed by atoms with Crippen LogP contribution in [0.15, 0.2) is 70.1 Å². The molecule has 3 aromatic rings. The van der Waals surface area contributed by atoms with Gasteiger partial charge in [-0.2, -0.15) is 0 Å². The SMILES string of the molecule is COc1ccc2c(=O)c(/C=C/C(=O)Oc3ccccc3)coc2c1. The fourth-order valence-electron chi connectivity index (χ4n) is 2.16. The van der Waals surface area contributed by atoms with E-state index < -0.39 is 5.97 Å². The smallest absolute Gasteiger partial charge is 0.336 e. The lowest BCUT2D eigenvalue weighted by Crippen LogP contribution is -2.07. The molecule has 120 valence electrons. The molecule has 1 heterocycles. The Morgan fingerprint density at radius 2 is 1.88 bits per heavy atom. The van der Waals surface area contributed by atoms with Crippen LogP contribution in [-0.2, 0) is 4.79 Å². The summed E-state index contributed by atoms with van der Waals surface area (Å²) in [5, 5.41) is 0.411. The van der Waals surface area contributed by atoms with Crippen LogP contribution in [0.2, 0.25) is 0 Å². The first-order chi connectivity index (χ1) is 11.7. The fraction of sp³-hybridized carbons (Fsp3) is 0.0526. The highest BCUT2D eigenvalue weighted by molar-refractivity contribution is 5.89. The largest absolute Gasteiger partial charge is 0.497 e. The summed E-state index contributed by atoms with van der Waals surface area (Å²) in [5.41, 5.74) is 0.448. The zero-order chi connectivity index (χ0) is 16.9. The Labute approximate surface area is 137 Å². The number of hydrogen-bond donors (Lipinski definition) is 0. The number of carbonyl (C=O) groups excluding carboxylic acids is 1. The van der Waals surface area contributed by atoms with Crippen LogP contribution in [0.25, 0.3) is 17.0 Å². The predicted molar refractivity (Wildman–Crippen MR) is 90.1 cm³/mol. The maximum absolute atomic E-state index is 12.4. The standard InChI is InChI=1S/C19H14O5/c1-22-15-8-9-16-17(11-15)23-12-13(19(16)21)7-10-18(20)24-14-5-3-2-4-6-14/h2-12H,1H3/b10-7+. The molecule has 0 amide bonds. The van der Waals surface area contributed by atoms with Crippen LogP contribution in [0.5, 0.6) is 11.5 Å². The minimum absolute atomic E-state index is 0.234. The molecule has 1 aromatic heterocycles. The zero-order valence-corrected chi connectivity index (χ0v) is 12.9. The van der Waals surface area contributed by atoms with Crippen LogP contribution < -0.4 is 14.9 Å². The van der Waals surface area contributed by atoms with Crippen molar-refractivity contribution in [1.82, 2.24) is 0 Å². The molecule has 24 heavy (non-hydrogen) atoms. The van der Waals surface area contributed by atoms with Crippen molar-refractivity contribution in [2.75, 3.05) is 7.11 Å². The minimum Gasteiger partial charge on any atom is -0.497 e. The Balaban J connectivity index is 1.83. The summed E-state index contributed by atoms with van der Waals surface area (Å²) in [5.74, 6) is 0.459. The summed E-state index contributed by atoms with van der Waals surface area (Å²) in [6.45, 7) is 0. The molecular weight excluding hydrogens is 308 g/mol. The van der Waals surface area contributed by atoms with Gasteiger partial charge >= 0.3 is 5.97 Å². The van der Waals surface area contributed by atoms with Gasteiger partial charge in [0, 0.05) is 12.1 Å². The first-order valence-corrected chi connectivity index (χ1v) is 7.22. The molecule has 0 N–H and O–H groups in total. The summed E-state index contributed by atoms with van der Waals surface area (Å²) >= 11 is 0. The third-order valence-corrected chi connectivity index (χ3v) is 3.37. The van der Waals surface area contributed by atoms with E-state index in [1.54, 1.807) is 42.5 Å². The number of carbonyl (C=O) groups is 1. The van der Waals surface area contributed by atoms with Gasteiger partial charge in [0.05, 0.1) is 18.1 Å². The molecule has 5 nitrogen and oxygen atoms in total. The second-order valence-electron chi connectivity index (χ2n) is 4.95. The van der Waals surface area contributed by atoms with Crippen molar-refractivity contribution in [1.29, 1.82) is 0 Å². The predicted octanol–water partition coefficient (Wildman–Crippen LogP) is 3.42. The summed E-state index contributed by atoms with van der Waals surface area (Å²) in [4.78, 5) is 24.2. The Kier molecular flexibility index (Phi) is 4.43. The maximum Gasteiger partial charge on any atom is 0.336 e. The lowest BCUT2D eigenvalue weighted by molar-refractivity contribution is -0.128. The highest BCUT2D eigenvalue weighted by Gasteiger charge is 2.07. The molecule has 0 atom stereocenters. The zero-order valence-electron chi connectivity index (χ0n) is 12.9. The quantitative estimate of drug-likeness (QED) is 0.418. The van der Waals surface area contributed by atoms with E-state index in [0.717, 1.165) is 0 Å². The normalized spacial score (nSPS) is 10.9. The lowest BCUT2D eigenvalue weighted by atomic mass is 10.1. The van der Waals surface area contributed by atoms with Crippen molar-refractivity contribution < 1.29 is 18.7 Å². The molecule has 0 unspecified atom stereocenters. The number of methoxy groups -OCH3 is 1. The molecule has 5 heteroatoms. The van der Waals surface area contributed by atoms with Crippen molar-refractivity contribution in [2.24, 2.45) is 0 Å². The van der Waals surface area contributed by atoms with E-state index in [1.807, 2.05) is 6.07 Å². The van der Waals surface area contributed by atoms with Gasteiger partial charge in [-0.05, 0) is 30.3 Å². The number of fused-ring (bicyclic) bond motifs is 1. The van der Waals surface area contributed by atoms with E-state index in [2.05, 4.69) is 0 Å². The van der Waals surface area contributed by atoms with Crippen LogP contribution in [-0.4, -0.2) is 13.1 Å². The van der Waals surface area contributed by atoms with Gasteiger partial charge in [-0.25, -0.2) is 4.79 Å². The van der Waals surface area contributed by atoms with E-state index >= 15 is 0 Å². The van der Waals surface area contributed by atoms with Gasteiger partial charge in [0.25, 0.3) is 0 Å². The number of ether oxygens (including phenoxy) is 2. The molecular formula is C19H14O5. The summed E-state index contributed by atoms with van der Waals surface area (Å²) in [6, 6.07) is 13.6. The second kappa shape index (κ2) is 6.83. The van der Waals surface area contributed by atoms with E-state index in [9.17, 15) is 9.59 Å². The molecule has 0 aliphatic rings. The minimum atomic E-state index is -0.574. The third kappa shape index (κ3) is 3.35. The average molecular weight is 322 g/mol. The van der Waals surface area contributed by atoms with Crippen molar-refractivity contribution in [3.05, 3.63) is 76.7 Å². The Bertz CT molecular complexity index is 954. The van der Waals surface area contributed by atoms with Crippen LogP contribution in [0, 0.1) is 0 Å². The highest BCUT2D eigenvalue weighted by atomic mass is 16.5. The molecule has 0 fully saturated rings. The third-order valence-electron chi connectivity index (χ3n) is 3.37. The Hall–Kier alpha value is -3.34. The van der Waals surface area contributed by atoms with Gasteiger partial charge < -0.3 is 13.9 Å². The van der Waals surface area contributed by atoms with Crippen molar-refractivity contribution in [2.45, 2.75) is 0 Å². The number of hydrogen-bond acceptors (Lipinski definition) is 5. The van der Waals surface area contributed by atoms with E-state index in [4.69, 9.17) is 13.9 Å². The van der Waals surface area contributed by atoms with Crippen LogP contribution in [0.3, 0.4) is 0 Å². The maximum atomic E-state index is 12.4. The summed E-state index contributed by atoms with van der Waals surface area (Å²) in [7, 11) is 1.54. The van der Waals surface area contributed by atoms with Gasteiger partial charge in [0.2, 0.25) is 0 Å². The fourth-order valence-corrected chi connectivity index (χ4v) is 2.16. The molecule has 0 radical (unpaired) electrons. The lowest BCUT2D eigenvalue weighted by Gasteiger charge is -2.02. The van der Waals surface area contributed by atoms with Crippen LogP contribution in [0.4, 0.5) is 0 Å². The summed E-state index contributed by atoms with van der Waals surface area (Å²) in [6.07, 6.45) is 3.87. The van der Waals surface area contributed by atoms with Gasteiger partial charge in [0.15, 0.2) is 5.43 Å². The molecule has 2 aromatic carbocycles.